The highest BCUT2D eigenvalue weighted by molar-refractivity contribution is 7.59. The van der Waals surface area contributed by atoms with Crippen molar-refractivity contribution in [2.24, 2.45) is 0 Å². The third-order valence-corrected chi connectivity index (χ3v) is 7.15. The topological polar surface area (TPSA) is 84.9 Å². The zero-order chi connectivity index (χ0) is 21.4. The van der Waals surface area contributed by atoms with Gasteiger partial charge in [0.1, 0.15) is 11.4 Å². The number of aliphatic hydroxyl groups is 1. The van der Waals surface area contributed by atoms with Crippen molar-refractivity contribution in [1.82, 2.24) is 5.32 Å². The summed E-state index contributed by atoms with van der Waals surface area (Å²) >= 11 is 5.97. The van der Waals surface area contributed by atoms with E-state index in [2.05, 4.69) is 5.32 Å². The van der Waals surface area contributed by atoms with Gasteiger partial charge in [0, 0.05) is 23.6 Å². The van der Waals surface area contributed by atoms with Crippen LogP contribution in [0.5, 0.6) is 0 Å². The molecule has 0 heterocycles. The van der Waals surface area contributed by atoms with Gasteiger partial charge in [-0.15, -0.1) is 0 Å². The largest absolute Gasteiger partial charge is 0.444 e. The average molecular weight is 434 g/mol. The Morgan fingerprint density at radius 1 is 1.25 bits per heavy atom. The molecule has 28 heavy (non-hydrogen) atoms. The first-order valence-electron chi connectivity index (χ1n) is 9.66. The van der Waals surface area contributed by atoms with Gasteiger partial charge in [-0.1, -0.05) is 37.1 Å². The second-order valence-electron chi connectivity index (χ2n) is 7.68. The van der Waals surface area contributed by atoms with Crippen molar-refractivity contribution < 1.29 is 23.7 Å². The molecule has 0 bridgehead atoms. The van der Waals surface area contributed by atoms with E-state index in [1.54, 1.807) is 52.0 Å². The molecule has 0 aliphatic heterocycles. The molecule has 0 fully saturated rings. The number of hydrogen-bond acceptors (Lipinski definition) is 5. The Balaban J connectivity index is 3.09. The Kier molecular flexibility index (Phi) is 9.99. The van der Waals surface area contributed by atoms with Gasteiger partial charge in [-0.3, -0.25) is 4.57 Å². The molecule has 0 saturated heterocycles. The van der Waals surface area contributed by atoms with Crippen LogP contribution in [-0.2, 0) is 13.8 Å². The maximum Gasteiger partial charge on any atom is 0.407 e. The van der Waals surface area contributed by atoms with Gasteiger partial charge in [-0.05, 0) is 51.8 Å². The first kappa shape index (κ1) is 25.0. The molecule has 3 atom stereocenters. The van der Waals surface area contributed by atoms with Crippen molar-refractivity contribution in [3.63, 3.8) is 0 Å². The van der Waals surface area contributed by atoms with Crippen molar-refractivity contribution in [2.45, 2.75) is 64.8 Å². The van der Waals surface area contributed by atoms with Gasteiger partial charge in [0.15, 0.2) is 0 Å². The van der Waals surface area contributed by atoms with Crippen molar-refractivity contribution in [3.8, 4) is 0 Å². The molecule has 0 spiro atoms. The van der Waals surface area contributed by atoms with E-state index >= 15 is 0 Å². The SMILES string of the molecule is CCCCP(=O)(OCC)C(O)C(CNC(=O)OC(C)(C)C)c1ccc(Cl)cc1. The lowest BCUT2D eigenvalue weighted by molar-refractivity contribution is 0.0516. The van der Waals surface area contributed by atoms with Crippen LogP contribution in [0.15, 0.2) is 24.3 Å². The third-order valence-electron chi connectivity index (χ3n) is 4.10. The summed E-state index contributed by atoms with van der Waals surface area (Å²) in [5.41, 5.74) is 0.0737. The summed E-state index contributed by atoms with van der Waals surface area (Å²) in [5, 5.41) is 14.3. The number of unbranched alkanes of at least 4 members (excludes halogenated alkanes) is 1. The normalized spacial score (nSPS) is 16.1. The molecular weight excluding hydrogens is 401 g/mol. The molecule has 1 aromatic rings. The van der Waals surface area contributed by atoms with E-state index in [0.717, 1.165) is 6.42 Å². The quantitative estimate of drug-likeness (QED) is 0.484. The van der Waals surface area contributed by atoms with Crippen molar-refractivity contribution in [2.75, 3.05) is 19.3 Å². The lowest BCUT2D eigenvalue weighted by Gasteiger charge is -2.30. The minimum absolute atomic E-state index is 0.0565. The molecule has 0 radical (unpaired) electrons. The summed E-state index contributed by atoms with van der Waals surface area (Å²) in [6, 6.07) is 6.90. The van der Waals surface area contributed by atoms with E-state index in [1.165, 1.54) is 0 Å². The molecule has 1 amide bonds. The average Bonchev–Trinajstić information content (AvgIpc) is 2.60. The van der Waals surface area contributed by atoms with Crippen LogP contribution >= 0.6 is 19.0 Å². The summed E-state index contributed by atoms with van der Waals surface area (Å²) in [4.78, 5) is 12.1. The number of nitrogens with one attached hydrogen (secondary N) is 1. The van der Waals surface area contributed by atoms with Gasteiger partial charge in [0.2, 0.25) is 7.37 Å². The number of carbonyl (C=O) groups excluding carboxylic acids is 1. The maximum absolute atomic E-state index is 13.4. The van der Waals surface area contributed by atoms with Gasteiger partial charge in [0.05, 0.1) is 6.61 Å². The summed E-state index contributed by atoms with van der Waals surface area (Å²) in [5.74, 6) is -1.88. The third kappa shape index (κ3) is 8.12. The minimum Gasteiger partial charge on any atom is -0.444 e. The Bertz CT molecular complexity index is 660. The van der Waals surface area contributed by atoms with Crippen LogP contribution in [0.3, 0.4) is 0 Å². The second-order valence-corrected chi connectivity index (χ2v) is 10.8. The fourth-order valence-corrected chi connectivity index (χ4v) is 5.45. The highest BCUT2D eigenvalue weighted by Gasteiger charge is 2.39. The van der Waals surface area contributed by atoms with Gasteiger partial charge in [0.25, 0.3) is 0 Å². The Labute approximate surface area is 173 Å². The highest BCUT2D eigenvalue weighted by atomic mass is 35.5. The smallest absolute Gasteiger partial charge is 0.407 e. The fourth-order valence-electron chi connectivity index (χ4n) is 2.76. The predicted molar refractivity (Wildman–Crippen MR) is 113 cm³/mol. The number of halogens is 1. The minimum atomic E-state index is -3.33. The van der Waals surface area contributed by atoms with Crippen LogP contribution in [0, 0.1) is 0 Å². The zero-order valence-corrected chi connectivity index (χ0v) is 19.1. The van der Waals surface area contributed by atoms with Crippen LogP contribution in [0.2, 0.25) is 5.02 Å². The molecule has 6 nitrogen and oxygen atoms in total. The van der Waals surface area contributed by atoms with Crippen LogP contribution < -0.4 is 5.32 Å². The van der Waals surface area contributed by atoms with E-state index in [-0.39, 0.29) is 19.3 Å². The van der Waals surface area contributed by atoms with E-state index < -0.39 is 30.8 Å². The molecule has 0 saturated carbocycles. The molecule has 160 valence electrons. The monoisotopic (exact) mass is 433 g/mol. The first-order chi connectivity index (χ1) is 13.0. The van der Waals surface area contributed by atoms with Crippen molar-refractivity contribution in [1.29, 1.82) is 0 Å². The zero-order valence-electron chi connectivity index (χ0n) is 17.4. The standard InChI is InChI=1S/C20H33ClNO5P/c1-6-8-13-28(25,26-7-2)18(23)17(15-9-11-16(21)12-10-15)14-22-19(24)27-20(3,4)5/h9-12,17-18,23H,6-8,13-14H2,1-5H3,(H,22,24). The Morgan fingerprint density at radius 2 is 1.86 bits per heavy atom. The summed E-state index contributed by atoms with van der Waals surface area (Å²) < 4.78 is 24.2. The predicted octanol–water partition coefficient (Wildman–Crippen LogP) is 5.38. The molecular formula is C20H33ClNO5P. The lowest BCUT2D eigenvalue weighted by atomic mass is 10.00. The van der Waals surface area contributed by atoms with E-state index in [9.17, 15) is 14.5 Å². The Hall–Kier alpha value is -1.07. The van der Waals surface area contributed by atoms with Crippen molar-refractivity contribution in [3.05, 3.63) is 34.9 Å². The van der Waals surface area contributed by atoms with Crippen LogP contribution in [0.4, 0.5) is 4.79 Å². The van der Waals surface area contributed by atoms with Crippen LogP contribution in [-0.4, -0.2) is 42.0 Å². The number of alkyl carbamates (subject to hydrolysis) is 1. The van der Waals surface area contributed by atoms with E-state index in [4.69, 9.17) is 20.9 Å². The number of aliphatic hydroxyl groups excluding tert-OH is 1. The first-order valence-corrected chi connectivity index (χ1v) is 11.9. The molecule has 0 aliphatic rings. The van der Waals surface area contributed by atoms with Crippen molar-refractivity contribution >= 4 is 25.1 Å². The number of hydrogen-bond donors (Lipinski definition) is 2. The van der Waals surface area contributed by atoms with Crippen LogP contribution in [0.25, 0.3) is 0 Å². The number of ether oxygens (including phenoxy) is 1. The Morgan fingerprint density at radius 3 is 2.36 bits per heavy atom. The number of rotatable bonds is 10. The molecule has 3 unspecified atom stereocenters. The maximum atomic E-state index is 13.4. The molecule has 2 N–H and O–H groups in total. The summed E-state index contributed by atoms with van der Waals surface area (Å²) in [6.45, 7) is 9.35. The number of carbonyl (C=O) groups is 1. The fraction of sp³-hybridized carbons (Fsp3) is 0.650. The van der Waals surface area contributed by atoms with Gasteiger partial charge >= 0.3 is 6.09 Å². The lowest BCUT2D eigenvalue weighted by Crippen LogP contribution is -2.37. The number of amides is 1. The second kappa shape index (κ2) is 11.2. The van der Waals surface area contributed by atoms with E-state index in [1.807, 2.05) is 6.92 Å². The van der Waals surface area contributed by atoms with Gasteiger partial charge < -0.3 is 19.7 Å². The number of benzene rings is 1. The molecule has 0 aliphatic carbocycles. The summed E-state index contributed by atoms with van der Waals surface area (Å²) in [7, 11) is -3.33. The summed E-state index contributed by atoms with van der Waals surface area (Å²) in [6.07, 6.45) is 1.21. The van der Waals surface area contributed by atoms with Gasteiger partial charge in [-0.2, -0.15) is 0 Å². The molecule has 8 heteroatoms. The van der Waals surface area contributed by atoms with E-state index in [0.29, 0.717) is 17.0 Å². The molecule has 1 aromatic carbocycles. The highest BCUT2D eigenvalue weighted by Crippen LogP contribution is 2.55. The van der Waals surface area contributed by atoms with Crippen LogP contribution in [0.1, 0.15) is 58.9 Å². The molecule has 0 aromatic heterocycles. The van der Waals surface area contributed by atoms with Gasteiger partial charge in [-0.25, -0.2) is 4.79 Å². The molecule has 1 rings (SSSR count).